The standard InChI is InChI=1S/C21H23ClN2O3S2/c1-14(2)15-6-11-18-19(13-15)28-21(24(18)3)23-20(25)5-4-12-29(26,27)17-9-7-16(22)8-10-17/h6-11,13-14H,4-5,12H2,1-3H3. The molecule has 5 nitrogen and oxygen atoms in total. The van der Waals surface area contributed by atoms with Crippen LogP contribution in [0.4, 0.5) is 0 Å². The summed E-state index contributed by atoms with van der Waals surface area (Å²) in [5.41, 5.74) is 2.26. The zero-order chi connectivity index (χ0) is 21.2. The molecule has 0 bridgehead atoms. The highest BCUT2D eigenvalue weighted by atomic mass is 35.5. The number of hydrogen-bond acceptors (Lipinski definition) is 4. The molecule has 0 unspecified atom stereocenters. The van der Waals surface area contributed by atoms with Crippen molar-refractivity contribution in [2.24, 2.45) is 12.0 Å². The van der Waals surface area contributed by atoms with Crippen molar-refractivity contribution in [3.63, 3.8) is 0 Å². The van der Waals surface area contributed by atoms with Gasteiger partial charge in [0, 0.05) is 18.5 Å². The summed E-state index contributed by atoms with van der Waals surface area (Å²) in [4.78, 5) is 17.3. The fourth-order valence-electron chi connectivity index (χ4n) is 2.95. The lowest BCUT2D eigenvalue weighted by Crippen LogP contribution is -2.14. The van der Waals surface area contributed by atoms with Crippen molar-refractivity contribution in [1.82, 2.24) is 4.57 Å². The van der Waals surface area contributed by atoms with E-state index in [1.807, 2.05) is 17.7 Å². The molecular formula is C21H23ClN2O3S2. The zero-order valence-electron chi connectivity index (χ0n) is 16.6. The van der Waals surface area contributed by atoms with Gasteiger partial charge in [-0.3, -0.25) is 4.79 Å². The van der Waals surface area contributed by atoms with E-state index in [0.29, 0.717) is 15.7 Å². The Kier molecular flexibility index (Phi) is 6.61. The van der Waals surface area contributed by atoms with Gasteiger partial charge < -0.3 is 4.57 Å². The molecule has 0 aliphatic carbocycles. The average Bonchev–Trinajstić information content (AvgIpc) is 2.97. The monoisotopic (exact) mass is 450 g/mol. The van der Waals surface area contributed by atoms with E-state index in [2.05, 4.69) is 31.0 Å². The Labute approximate surface area is 179 Å². The van der Waals surface area contributed by atoms with Crippen molar-refractivity contribution >= 4 is 48.9 Å². The molecule has 1 heterocycles. The molecule has 0 aliphatic rings. The Balaban J connectivity index is 1.70. The van der Waals surface area contributed by atoms with Crippen LogP contribution in [0, 0.1) is 0 Å². The van der Waals surface area contributed by atoms with Crippen molar-refractivity contribution < 1.29 is 13.2 Å². The number of carbonyl (C=O) groups excluding carboxylic acids is 1. The van der Waals surface area contributed by atoms with Crippen LogP contribution in [0.5, 0.6) is 0 Å². The van der Waals surface area contributed by atoms with Crippen LogP contribution in [-0.2, 0) is 21.7 Å². The van der Waals surface area contributed by atoms with Gasteiger partial charge in [0.05, 0.1) is 20.9 Å². The number of rotatable bonds is 6. The summed E-state index contributed by atoms with van der Waals surface area (Å²) >= 11 is 7.26. The Hall–Kier alpha value is -1.96. The molecule has 0 N–H and O–H groups in total. The summed E-state index contributed by atoms with van der Waals surface area (Å²) in [5.74, 6) is 0.00517. The van der Waals surface area contributed by atoms with E-state index in [1.165, 1.54) is 29.0 Å². The highest BCUT2D eigenvalue weighted by Crippen LogP contribution is 2.23. The number of aromatic nitrogens is 1. The molecule has 29 heavy (non-hydrogen) atoms. The van der Waals surface area contributed by atoms with Gasteiger partial charge in [-0.15, -0.1) is 0 Å². The van der Waals surface area contributed by atoms with Crippen molar-refractivity contribution in [2.75, 3.05) is 5.75 Å². The maximum Gasteiger partial charge on any atom is 0.248 e. The fraction of sp³-hybridized carbons (Fsp3) is 0.333. The van der Waals surface area contributed by atoms with E-state index in [-0.39, 0.29) is 29.4 Å². The topological polar surface area (TPSA) is 68.5 Å². The molecule has 0 atom stereocenters. The Morgan fingerprint density at radius 3 is 2.52 bits per heavy atom. The van der Waals surface area contributed by atoms with Crippen molar-refractivity contribution in [1.29, 1.82) is 0 Å². The van der Waals surface area contributed by atoms with E-state index in [0.717, 1.165) is 10.2 Å². The number of carbonyl (C=O) groups is 1. The van der Waals surface area contributed by atoms with Gasteiger partial charge in [0.15, 0.2) is 14.6 Å². The number of halogens is 1. The van der Waals surface area contributed by atoms with E-state index in [4.69, 9.17) is 11.6 Å². The van der Waals surface area contributed by atoms with Crippen LogP contribution in [0.3, 0.4) is 0 Å². The Morgan fingerprint density at radius 2 is 1.86 bits per heavy atom. The van der Waals surface area contributed by atoms with Crippen LogP contribution in [0.15, 0.2) is 52.4 Å². The van der Waals surface area contributed by atoms with Crippen LogP contribution in [0.2, 0.25) is 5.02 Å². The second kappa shape index (κ2) is 8.81. The molecule has 154 valence electrons. The highest BCUT2D eigenvalue weighted by Gasteiger charge is 2.15. The number of thiazole rings is 1. The number of hydrogen-bond donors (Lipinski definition) is 0. The van der Waals surface area contributed by atoms with Gasteiger partial charge in [-0.25, -0.2) is 8.42 Å². The van der Waals surface area contributed by atoms with Crippen molar-refractivity contribution in [3.8, 4) is 0 Å². The van der Waals surface area contributed by atoms with Crippen molar-refractivity contribution in [2.45, 2.75) is 37.5 Å². The van der Waals surface area contributed by atoms with E-state index in [9.17, 15) is 13.2 Å². The molecule has 1 amide bonds. The fourth-order valence-corrected chi connectivity index (χ4v) is 5.47. The smallest absolute Gasteiger partial charge is 0.248 e. The number of aryl methyl sites for hydroxylation is 1. The molecule has 8 heteroatoms. The summed E-state index contributed by atoms with van der Waals surface area (Å²) in [7, 11) is -1.56. The minimum atomic E-state index is -3.44. The second-order valence-electron chi connectivity index (χ2n) is 7.21. The van der Waals surface area contributed by atoms with Gasteiger partial charge in [-0.1, -0.05) is 42.9 Å². The first-order chi connectivity index (χ1) is 13.7. The minimum Gasteiger partial charge on any atom is -0.319 e. The summed E-state index contributed by atoms with van der Waals surface area (Å²) in [5, 5.41) is 0.481. The number of nitrogens with zero attached hydrogens (tertiary/aromatic N) is 2. The summed E-state index contributed by atoms with van der Waals surface area (Å²) < 4.78 is 27.7. The lowest BCUT2D eigenvalue weighted by molar-refractivity contribution is -0.118. The zero-order valence-corrected chi connectivity index (χ0v) is 18.9. The summed E-state index contributed by atoms with van der Waals surface area (Å²) in [6, 6.07) is 12.3. The molecule has 0 fully saturated rings. The molecule has 0 aliphatic heterocycles. The lowest BCUT2D eigenvalue weighted by atomic mass is 10.0. The van der Waals surface area contributed by atoms with Crippen LogP contribution in [-0.4, -0.2) is 24.6 Å². The molecule has 0 saturated heterocycles. The number of amides is 1. The van der Waals surface area contributed by atoms with Gasteiger partial charge in [-0.2, -0.15) is 4.99 Å². The molecule has 0 saturated carbocycles. The molecule has 2 aromatic carbocycles. The third-order valence-corrected chi connectivity index (χ3v) is 7.86. The van der Waals surface area contributed by atoms with Gasteiger partial charge in [0.2, 0.25) is 5.91 Å². The first-order valence-electron chi connectivity index (χ1n) is 9.33. The molecule has 0 radical (unpaired) electrons. The maximum absolute atomic E-state index is 12.4. The third kappa shape index (κ3) is 5.15. The second-order valence-corrected chi connectivity index (χ2v) is 10.8. The minimum absolute atomic E-state index is 0.0817. The maximum atomic E-state index is 12.4. The highest BCUT2D eigenvalue weighted by molar-refractivity contribution is 7.91. The predicted molar refractivity (Wildman–Crippen MR) is 118 cm³/mol. The van der Waals surface area contributed by atoms with Crippen LogP contribution >= 0.6 is 22.9 Å². The number of benzene rings is 2. The van der Waals surface area contributed by atoms with E-state index in [1.54, 1.807) is 12.1 Å². The van der Waals surface area contributed by atoms with E-state index < -0.39 is 9.84 Å². The molecule has 3 rings (SSSR count). The average molecular weight is 451 g/mol. The SMILES string of the molecule is CC(C)c1ccc2c(c1)sc(=NC(=O)CCCS(=O)(=O)c1ccc(Cl)cc1)n2C. The summed E-state index contributed by atoms with van der Waals surface area (Å²) in [6.45, 7) is 4.28. The van der Waals surface area contributed by atoms with Gasteiger partial charge in [0.1, 0.15) is 0 Å². The normalized spacial score (nSPS) is 12.8. The van der Waals surface area contributed by atoms with Crippen LogP contribution in [0.25, 0.3) is 10.2 Å². The Morgan fingerprint density at radius 1 is 1.17 bits per heavy atom. The Bertz CT molecular complexity index is 1210. The van der Waals surface area contributed by atoms with Crippen LogP contribution < -0.4 is 4.80 Å². The molecule has 1 aromatic heterocycles. The molecule has 3 aromatic rings. The predicted octanol–water partition coefficient (Wildman–Crippen LogP) is 4.70. The van der Waals surface area contributed by atoms with Crippen molar-refractivity contribution in [3.05, 3.63) is 57.9 Å². The first kappa shape index (κ1) is 21.7. The van der Waals surface area contributed by atoms with Crippen LogP contribution in [0.1, 0.15) is 38.2 Å². The van der Waals surface area contributed by atoms with Gasteiger partial charge in [0.25, 0.3) is 0 Å². The van der Waals surface area contributed by atoms with Gasteiger partial charge in [-0.05, 0) is 54.3 Å². The molecular weight excluding hydrogens is 428 g/mol. The number of sulfone groups is 1. The lowest BCUT2D eigenvalue weighted by Gasteiger charge is -2.04. The van der Waals surface area contributed by atoms with E-state index >= 15 is 0 Å². The third-order valence-electron chi connectivity index (χ3n) is 4.70. The largest absolute Gasteiger partial charge is 0.319 e. The van der Waals surface area contributed by atoms with Gasteiger partial charge >= 0.3 is 0 Å². The molecule has 0 spiro atoms. The number of fused-ring (bicyclic) bond motifs is 1. The quantitative estimate of drug-likeness (QED) is 0.546. The summed E-state index contributed by atoms with van der Waals surface area (Å²) in [6.07, 6.45) is 0.303. The first-order valence-corrected chi connectivity index (χ1v) is 12.2.